The molecule has 1 aromatic heterocycles. The zero-order chi connectivity index (χ0) is 21.0. The second-order valence-electron chi connectivity index (χ2n) is 8.36. The molecule has 0 unspecified atom stereocenters. The summed E-state index contributed by atoms with van der Waals surface area (Å²) in [6.07, 6.45) is 11.5. The number of benzene rings is 1. The predicted octanol–water partition coefficient (Wildman–Crippen LogP) is 2.72. The first-order chi connectivity index (χ1) is 14.5. The summed E-state index contributed by atoms with van der Waals surface area (Å²) in [6, 6.07) is 10.4. The molecular formula is C22H30N4O3S. The number of anilines is 1. The number of hydrogen-bond donors (Lipinski definition) is 1. The van der Waals surface area contributed by atoms with Crippen LogP contribution in [-0.2, 0) is 14.8 Å². The average Bonchev–Trinajstić information content (AvgIpc) is 3.14. The van der Waals surface area contributed by atoms with Gasteiger partial charge in [-0.1, -0.05) is 30.3 Å². The third-order valence-corrected chi connectivity index (χ3v) is 6.97. The average molecular weight is 431 g/mol. The minimum absolute atomic E-state index is 0.0717. The van der Waals surface area contributed by atoms with E-state index >= 15 is 0 Å². The SMILES string of the molecule is CS(=O)(=O)N[C@H]1CCN(c2cncnc2)[C@H]1COC1CCC(c2ccccc2)CC1. The van der Waals surface area contributed by atoms with E-state index in [2.05, 4.69) is 49.9 Å². The van der Waals surface area contributed by atoms with E-state index in [-0.39, 0.29) is 18.2 Å². The van der Waals surface area contributed by atoms with Crippen molar-refractivity contribution in [2.24, 2.45) is 0 Å². The Morgan fingerprint density at radius 2 is 1.77 bits per heavy atom. The van der Waals surface area contributed by atoms with Crippen LogP contribution < -0.4 is 9.62 Å². The van der Waals surface area contributed by atoms with Crippen molar-refractivity contribution in [3.63, 3.8) is 0 Å². The maximum absolute atomic E-state index is 11.9. The van der Waals surface area contributed by atoms with Gasteiger partial charge in [0.1, 0.15) is 6.33 Å². The van der Waals surface area contributed by atoms with Gasteiger partial charge in [-0.2, -0.15) is 0 Å². The van der Waals surface area contributed by atoms with Crippen LogP contribution in [0.15, 0.2) is 49.1 Å². The van der Waals surface area contributed by atoms with Crippen molar-refractivity contribution in [3.05, 3.63) is 54.6 Å². The Morgan fingerprint density at radius 1 is 1.07 bits per heavy atom. The van der Waals surface area contributed by atoms with Gasteiger partial charge in [-0.15, -0.1) is 0 Å². The van der Waals surface area contributed by atoms with Crippen LogP contribution >= 0.6 is 0 Å². The fourth-order valence-electron chi connectivity index (χ4n) is 4.75. The van der Waals surface area contributed by atoms with Crippen LogP contribution in [0.4, 0.5) is 5.69 Å². The number of nitrogens with zero attached hydrogens (tertiary/aromatic N) is 3. The molecule has 1 saturated heterocycles. The van der Waals surface area contributed by atoms with Crippen LogP contribution in [-0.4, -0.2) is 56.0 Å². The number of nitrogens with one attached hydrogen (secondary N) is 1. The highest BCUT2D eigenvalue weighted by Gasteiger charge is 2.37. The molecule has 162 valence electrons. The maximum Gasteiger partial charge on any atom is 0.209 e. The molecule has 2 heterocycles. The van der Waals surface area contributed by atoms with Gasteiger partial charge in [0.15, 0.2) is 0 Å². The number of sulfonamides is 1. The highest BCUT2D eigenvalue weighted by Crippen LogP contribution is 2.34. The van der Waals surface area contributed by atoms with Gasteiger partial charge in [0.2, 0.25) is 10.0 Å². The summed E-state index contributed by atoms with van der Waals surface area (Å²) in [6.45, 7) is 1.23. The first-order valence-corrected chi connectivity index (χ1v) is 12.5. The van der Waals surface area contributed by atoms with Gasteiger partial charge in [-0.3, -0.25) is 0 Å². The van der Waals surface area contributed by atoms with Crippen LogP contribution in [0.25, 0.3) is 0 Å². The highest BCUT2D eigenvalue weighted by molar-refractivity contribution is 7.88. The quantitative estimate of drug-likeness (QED) is 0.727. The largest absolute Gasteiger partial charge is 0.376 e. The summed E-state index contributed by atoms with van der Waals surface area (Å²) in [5.41, 5.74) is 2.32. The molecule has 0 bridgehead atoms. The van der Waals surface area contributed by atoms with E-state index in [1.807, 2.05) is 0 Å². The molecule has 2 fully saturated rings. The number of ether oxygens (including phenoxy) is 1. The zero-order valence-corrected chi connectivity index (χ0v) is 18.2. The van der Waals surface area contributed by atoms with Gasteiger partial charge in [0.05, 0.1) is 43.1 Å². The minimum atomic E-state index is -3.29. The van der Waals surface area contributed by atoms with Crippen molar-refractivity contribution in [2.75, 3.05) is 24.3 Å². The molecular weight excluding hydrogens is 400 g/mol. The van der Waals surface area contributed by atoms with E-state index in [1.165, 1.54) is 18.1 Å². The Hall–Kier alpha value is -2.03. The Kier molecular flexibility index (Phi) is 6.65. The van der Waals surface area contributed by atoms with Crippen molar-refractivity contribution in [2.45, 2.75) is 56.2 Å². The molecule has 8 heteroatoms. The fourth-order valence-corrected chi connectivity index (χ4v) is 5.58. The van der Waals surface area contributed by atoms with Gasteiger partial charge in [0.25, 0.3) is 0 Å². The Balaban J connectivity index is 1.37. The lowest BCUT2D eigenvalue weighted by atomic mass is 9.83. The lowest BCUT2D eigenvalue weighted by Crippen LogP contribution is -2.48. The minimum Gasteiger partial charge on any atom is -0.376 e. The summed E-state index contributed by atoms with van der Waals surface area (Å²) in [4.78, 5) is 10.4. The van der Waals surface area contributed by atoms with Crippen LogP contribution in [0.5, 0.6) is 0 Å². The van der Waals surface area contributed by atoms with E-state index in [4.69, 9.17) is 4.74 Å². The third-order valence-electron chi connectivity index (χ3n) is 6.24. The van der Waals surface area contributed by atoms with Crippen LogP contribution in [0.3, 0.4) is 0 Å². The molecule has 2 aliphatic rings. The lowest BCUT2D eigenvalue weighted by Gasteiger charge is -2.33. The molecule has 30 heavy (non-hydrogen) atoms. The van der Waals surface area contributed by atoms with Gasteiger partial charge >= 0.3 is 0 Å². The van der Waals surface area contributed by atoms with E-state index in [0.717, 1.165) is 44.3 Å². The molecule has 1 aromatic carbocycles. The van der Waals surface area contributed by atoms with E-state index in [9.17, 15) is 8.42 Å². The van der Waals surface area contributed by atoms with Crippen molar-refractivity contribution in [1.82, 2.24) is 14.7 Å². The van der Waals surface area contributed by atoms with Gasteiger partial charge < -0.3 is 9.64 Å². The first kappa shape index (κ1) is 21.2. The standard InChI is InChI=1S/C22H30N4O3S/c1-30(27,28)25-21-11-12-26(19-13-23-16-24-14-19)22(21)15-29-20-9-7-18(8-10-20)17-5-3-2-4-6-17/h2-6,13-14,16,18,20-22,25H,7-12,15H2,1H3/t18?,20?,21-,22-/m0/s1. The molecule has 0 spiro atoms. The van der Waals surface area contributed by atoms with Gasteiger partial charge in [-0.05, 0) is 43.6 Å². The van der Waals surface area contributed by atoms with Crippen LogP contribution in [0.2, 0.25) is 0 Å². The molecule has 0 radical (unpaired) electrons. The van der Waals surface area contributed by atoms with E-state index < -0.39 is 10.0 Å². The number of rotatable bonds is 7. The number of aromatic nitrogens is 2. The summed E-state index contributed by atoms with van der Waals surface area (Å²) in [5, 5.41) is 0. The van der Waals surface area contributed by atoms with E-state index in [1.54, 1.807) is 12.4 Å². The molecule has 1 N–H and O–H groups in total. The monoisotopic (exact) mass is 430 g/mol. The molecule has 7 nitrogen and oxygen atoms in total. The highest BCUT2D eigenvalue weighted by atomic mass is 32.2. The topological polar surface area (TPSA) is 84.4 Å². The van der Waals surface area contributed by atoms with Crippen LogP contribution in [0.1, 0.15) is 43.6 Å². The molecule has 1 saturated carbocycles. The Labute approximate surface area is 178 Å². The molecule has 4 rings (SSSR count). The van der Waals surface area contributed by atoms with Gasteiger partial charge in [0, 0.05) is 12.6 Å². The Bertz CT molecular complexity index is 902. The summed E-state index contributed by atoms with van der Waals surface area (Å²) < 4.78 is 32.8. The van der Waals surface area contributed by atoms with Gasteiger partial charge in [-0.25, -0.2) is 23.1 Å². The van der Waals surface area contributed by atoms with E-state index in [0.29, 0.717) is 12.5 Å². The third kappa shape index (κ3) is 5.36. The normalized spacial score (nSPS) is 27.3. The Morgan fingerprint density at radius 3 is 2.43 bits per heavy atom. The molecule has 1 aliphatic carbocycles. The smallest absolute Gasteiger partial charge is 0.209 e. The predicted molar refractivity (Wildman–Crippen MR) is 117 cm³/mol. The van der Waals surface area contributed by atoms with Crippen molar-refractivity contribution >= 4 is 15.7 Å². The zero-order valence-electron chi connectivity index (χ0n) is 17.4. The number of hydrogen-bond acceptors (Lipinski definition) is 6. The molecule has 2 aromatic rings. The second kappa shape index (κ2) is 9.41. The van der Waals surface area contributed by atoms with Crippen molar-refractivity contribution in [3.8, 4) is 0 Å². The second-order valence-corrected chi connectivity index (χ2v) is 10.1. The first-order valence-electron chi connectivity index (χ1n) is 10.6. The summed E-state index contributed by atoms with van der Waals surface area (Å²) in [5.74, 6) is 0.607. The molecule has 1 aliphatic heterocycles. The summed E-state index contributed by atoms with van der Waals surface area (Å²) in [7, 11) is -3.29. The summed E-state index contributed by atoms with van der Waals surface area (Å²) >= 11 is 0. The fraction of sp³-hybridized carbons (Fsp3) is 0.545. The maximum atomic E-state index is 11.9. The molecule has 0 amide bonds. The lowest BCUT2D eigenvalue weighted by molar-refractivity contribution is 0.0157. The molecule has 2 atom stereocenters. The van der Waals surface area contributed by atoms with Crippen molar-refractivity contribution in [1.29, 1.82) is 0 Å². The van der Waals surface area contributed by atoms with Crippen LogP contribution in [0, 0.1) is 0 Å². The van der Waals surface area contributed by atoms with Crippen molar-refractivity contribution < 1.29 is 13.2 Å².